The van der Waals surface area contributed by atoms with Gasteiger partial charge in [0.05, 0.1) is 5.60 Å². The van der Waals surface area contributed by atoms with E-state index in [0.29, 0.717) is 5.92 Å². The molecular formula is C22H36O3. The fourth-order valence-electron chi connectivity index (χ4n) is 4.90. The van der Waals surface area contributed by atoms with Crippen molar-refractivity contribution in [2.45, 2.75) is 91.8 Å². The monoisotopic (exact) mass is 348 g/mol. The number of esters is 1. The molecule has 3 nitrogen and oxygen atoms in total. The fraction of sp³-hybridized carbons (Fsp3) is 0.773. The van der Waals surface area contributed by atoms with E-state index in [1.807, 2.05) is 0 Å². The van der Waals surface area contributed by atoms with Gasteiger partial charge in [-0.2, -0.15) is 0 Å². The van der Waals surface area contributed by atoms with Crippen molar-refractivity contribution in [2.24, 2.45) is 17.3 Å². The molecule has 0 aromatic carbocycles. The second-order valence-electron chi connectivity index (χ2n) is 9.01. The Balaban J connectivity index is 2.33. The summed E-state index contributed by atoms with van der Waals surface area (Å²) >= 11 is 0. The standard InChI is InChI=1S/C22H36O3/c1-15(2)22(24)12-11-21(6)10-9-17(4)14-19(25-18(5)23)13-16(3)7-8-20(21)22/h9,13,15,19-20,24H,7-8,10-12,14H2,1-6H3. The van der Waals surface area contributed by atoms with Gasteiger partial charge < -0.3 is 9.84 Å². The molecule has 142 valence electrons. The molecule has 0 aromatic heterocycles. The summed E-state index contributed by atoms with van der Waals surface area (Å²) in [5.74, 6) is 0.347. The number of allylic oxidation sites excluding steroid dienone is 2. The van der Waals surface area contributed by atoms with E-state index in [1.54, 1.807) is 0 Å². The first-order valence-corrected chi connectivity index (χ1v) is 9.79. The second-order valence-corrected chi connectivity index (χ2v) is 9.01. The Hall–Kier alpha value is -1.09. The van der Waals surface area contributed by atoms with E-state index in [4.69, 9.17) is 4.74 Å². The summed E-state index contributed by atoms with van der Waals surface area (Å²) in [5, 5.41) is 11.4. The molecular weight excluding hydrogens is 312 g/mol. The Bertz CT molecular complexity index is 560. The van der Waals surface area contributed by atoms with Crippen LogP contribution in [-0.4, -0.2) is 22.8 Å². The predicted molar refractivity (Wildman–Crippen MR) is 102 cm³/mol. The van der Waals surface area contributed by atoms with Gasteiger partial charge in [0.2, 0.25) is 0 Å². The van der Waals surface area contributed by atoms with Gasteiger partial charge in [-0.05, 0) is 69.3 Å². The van der Waals surface area contributed by atoms with Crippen molar-refractivity contribution in [3.63, 3.8) is 0 Å². The average Bonchev–Trinajstić information content (AvgIpc) is 2.74. The van der Waals surface area contributed by atoms with E-state index in [2.05, 4.69) is 46.8 Å². The highest BCUT2D eigenvalue weighted by atomic mass is 16.5. The van der Waals surface area contributed by atoms with Gasteiger partial charge >= 0.3 is 5.97 Å². The number of hydrogen-bond donors (Lipinski definition) is 1. The van der Waals surface area contributed by atoms with Crippen LogP contribution in [0.2, 0.25) is 0 Å². The molecule has 0 radical (unpaired) electrons. The zero-order chi connectivity index (χ0) is 18.8. The van der Waals surface area contributed by atoms with Crippen molar-refractivity contribution in [1.29, 1.82) is 0 Å². The van der Waals surface area contributed by atoms with E-state index in [0.717, 1.165) is 38.5 Å². The van der Waals surface area contributed by atoms with Crippen LogP contribution in [-0.2, 0) is 9.53 Å². The van der Waals surface area contributed by atoms with Gasteiger partial charge in [-0.1, -0.05) is 38.0 Å². The van der Waals surface area contributed by atoms with Crippen molar-refractivity contribution in [3.8, 4) is 0 Å². The summed E-state index contributed by atoms with van der Waals surface area (Å²) in [4.78, 5) is 11.4. The first-order chi connectivity index (χ1) is 11.6. The van der Waals surface area contributed by atoms with Gasteiger partial charge in [0.15, 0.2) is 0 Å². The molecule has 0 amide bonds. The lowest BCUT2D eigenvalue weighted by Gasteiger charge is -2.41. The van der Waals surface area contributed by atoms with Crippen LogP contribution in [0.3, 0.4) is 0 Å². The third kappa shape index (κ3) is 4.55. The lowest BCUT2D eigenvalue weighted by atomic mass is 9.67. The third-order valence-corrected chi connectivity index (χ3v) is 6.60. The third-order valence-electron chi connectivity index (χ3n) is 6.60. The quantitative estimate of drug-likeness (QED) is 0.552. The Morgan fingerprint density at radius 1 is 1.28 bits per heavy atom. The highest BCUT2D eigenvalue weighted by Crippen LogP contribution is 2.56. The van der Waals surface area contributed by atoms with Gasteiger partial charge in [-0.15, -0.1) is 0 Å². The smallest absolute Gasteiger partial charge is 0.303 e. The van der Waals surface area contributed by atoms with Crippen LogP contribution < -0.4 is 0 Å². The van der Waals surface area contributed by atoms with Crippen LogP contribution in [0.15, 0.2) is 23.3 Å². The summed E-state index contributed by atoms with van der Waals surface area (Å²) < 4.78 is 5.50. The van der Waals surface area contributed by atoms with Crippen LogP contribution in [0.25, 0.3) is 0 Å². The Morgan fingerprint density at radius 3 is 2.56 bits per heavy atom. The van der Waals surface area contributed by atoms with Gasteiger partial charge in [0.25, 0.3) is 0 Å². The highest BCUT2D eigenvalue weighted by molar-refractivity contribution is 5.66. The van der Waals surface area contributed by atoms with Crippen molar-refractivity contribution in [2.75, 3.05) is 0 Å². The van der Waals surface area contributed by atoms with Crippen molar-refractivity contribution >= 4 is 5.97 Å². The van der Waals surface area contributed by atoms with E-state index >= 15 is 0 Å². The summed E-state index contributed by atoms with van der Waals surface area (Å²) in [6, 6.07) is 0. The maximum Gasteiger partial charge on any atom is 0.303 e. The SMILES string of the molecule is CC(=O)OC1C=C(C)CCC2C(C)(CC=C(C)C1)CCC2(O)C(C)C. The van der Waals surface area contributed by atoms with Crippen molar-refractivity contribution < 1.29 is 14.6 Å². The van der Waals surface area contributed by atoms with E-state index in [-0.39, 0.29) is 23.4 Å². The maximum atomic E-state index is 11.4. The Labute approximate surface area is 153 Å². The molecule has 0 saturated heterocycles. The molecule has 1 fully saturated rings. The van der Waals surface area contributed by atoms with Crippen LogP contribution in [0.1, 0.15) is 80.1 Å². The summed E-state index contributed by atoms with van der Waals surface area (Å²) in [5.41, 5.74) is 2.08. The topological polar surface area (TPSA) is 46.5 Å². The fourth-order valence-corrected chi connectivity index (χ4v) is 4.90. The van der Waals surface area contributed by atoms with Crippen LogP contribution in [0.4, 0.5) is 0 Å². The highest BCUT2D eigenvalue weighted by Gasteiger charge is 2.54. The van der Waals surface area contributed by atoms with Crippen molar-refractivity contribution in [1.82, 2.24) is 0 Å². The molecule has 1 N–H and O–H groups in total. The van der Waals surface area contributed by atoms with E-state index in [1.165, 1.54) is 18.1 Å². The van der Waals surface area contributed by atoms with E-state index in [9.17, 15) is 9.90 Å². The summed E-state index contributed by atoms with van der Waals surface area (Å²) in [6.45, 7) is 12.4. The largest absolute Gasteiger partial charge is 0.458 e. The van der Waals surface area contributed by atoms with Gasteiger partial charge in [-0.3, -0.25) is 4.79 Å². The molecule has 0 heterocycles. The molecule has 2 aliphatic carbocycles. The maximum absolute atomic E-state index is 11.4. The zero-order valence-electron chi connectivity index (χ0n) is 16.9. The normalized spacial score (nSPS) is 37.0. The second kappa shape index (κ2) is 7.65. The Morgan fingerprint density at radius 2 is 1.96 bits per heavy atom. The zero-order valence-corrected chi connectivity index (χ0v) is 16.9. The van der Waals surface area contributed by atoms with Gasteiger partial charge in [0, 0.05) is 13.3 Å². The predicted octanol–water partition coefficient (Wildman–Crippen LogP) is 5.19. The first-order valence-electron chi connectivity index (χ1n) is 9.79. The first kappa shape index (κ1) is 20.2. The molecule has 25 heavy (non-hydrogen) atoms. The van der Waals surface area contributed by atoms with Gasteiger partial charge in [-0.25, -0.2) is 0 Å². The molecule has 4 unspecified atom stereocenters. The summed E-state index contributed by atoms with van der Waals surface area (Å²) in [6.07, 6.45) is 9.90. The Kier molecular flexibility index (Phi) is 6.19. The molecule has 0 aliphatic heterocycles. The summed E-state index contributed by atoms with van der Waals surface area (Å²) in [7, 11) is 0. The van der Waals surface area contributed by atoms with Crippen molar-refractivity contribution in [3.05, 3.63) is 23.3 Å². The molecule has 0 spiro atoms. The van der Waals surface area contributed by atoms with Crippen LogP contribution in [0, 0.1) is 17.3 Å². The van der Waals surface area contributed by atoms with Gasteiger partial charge in [0.1, 0.15) is 6.10 Å². The van der Waals surface area contributed by atoms with E-state index < -0.39 is 5.60 Å². The number of carbonyl (C=O) groups is 1. The molecule has 2 rings (SSSR count). The van der Waals surface area contributed by atoms with Crippen LogP contribution >= 0.6 is 0 Å². The molecule has 1 saturated carbocycles. The number of fused-ring (bicyclic) bond motifs is 1. The number of ether oxygens (including phenoxy) is 1. The molecule has 0 aromatic rings. The number of aliphatic hydroxyl groups is 1. The number of carbonyl (C=O) groups excluding carboxylic acids is 1. The minimum Gasteiger partial charge on any atom is -0.458 e. The minimum atomic E-state index is -0.569. The average molecular weight is 349 g/mol. The molecule has 3 heteroatoms. The van der Waals surface area contributed by atoms with Crippen LogP contribution in [0.5, 0.6) is 0 Å². The molecule has 4 atom stereocenters. The lowest BCUT2D eigenvalue weighted by Crippen LogP contribution is -2.43. The lowest BCUT2D eigenvalue weighted by molar-refractivity contribution is -0.144. The minimum absolute atomic E-state index is 0.141. The number of rotatable bonds is 2. The number of hydrogen-bond acceptors (Lipinski definition) is 3. The molecule has 2 aliphatic rings. The molecule has 0 bridgehead atoms.